The molecular weight excluding hydrogens is 341 g/mol. The summed E-state index contributed by atoms with van der Waals surface area (Å²) >= 11 is 0. The second-order valence-electron chi connectivity index (χ2n) is 5.32. The quantitative estimate of drug-likeness (QED) is 0.784. The van der Waals surface area contributed by atoms with Crippen LogP contribution in [0.2, 0.25) is 0 Å². The first kappa shape index (κ1) is 18.4. The molecular formula is C15H15F3N4O3. The molecule has 2 rings (SSSR count). The minimum absolute atomic E-state index is 0.0887. The molecule has 2 amide bonds. The second kappa shape index (κ2) is 6.91. The summed E-state index contributed by atoms with van der Waals surface area (Å²) in [5.41, 5.74) is 5.51. The topological polar surface area (TPSA) is 98.3 Å². The van der Waals surface area contributed by atoms with Crippen molar-refractivity contribution >= 4 is 29.0 Å². The number of alkyl halides is 3. The van der Waals surface area contributed by atoms with Gasteiger partial charge in [-0.1, -0.05) is 18.2 Å². The van der Waals surface area contributed by atoms with Gasteiger partial charge < -0.3 is 15.4 Å². The third kappa shape index (κ3) is 3.78. The molecule has 0 saturated heterocycles. The predicted molar refractivity (Wildman–Crippen MR) is 81.5 cm³/mol. The van der Waals surface area contributed by atoms with Crippen molar-refractivity contribution in [1.29, 1.82) is 0 Å². The maximum Gasteiger partial charge on any atom is 0.408 e. The summed E-state index contributed by atoms with van der Waals surface area (Å²) in [5.74, 6) is -1.78. The highest BCUT2D eigenvalue weighted by Crippen LogP contribution is 2.25. The number of para-hydroxylation sites is 1. The number of hydrogen-bond acceptors (Lipinski definition) is 4. The largest absolute Gasteiger partial charge is 0.408 e. The van der Waals surface area contributed by atoms with Crippen molar-refractivity contribution in [2.75, 3.05) is 6.54 Å². The van der Waals surface area contributed by atoms with Gasteiger partial charge in [0.15, 0.2) is 5.69 Å². The molecule has 1 heterocycles. The Bertz CT molecular complexity index is 816. The van der Waals surface area contributed by atoms with Crippen LogP contribution in [0.15, 0.2) is 24.3 Å². The van der Waals surface area contributed by atoms with Crippen molar-refractivity contribution in [3.8, 4) is 0 Å². The van der Waals surface area contributed by atoms with Gasteiger partial charge in [0, 0.05) is 5.39 Å². The van der Waals surface area contributed by atoms with Crippen LogP contribution in [0.1, 0.15) is 17.4 Å². The molecule has 0 aliphatic carbocycles. The van der Waals surface area contributed by atoms with Crippen LogP contribution in [0, 0.1) is 0 Å². The van der Waals surface area contributed by atoms with Crippen LogP contribution in [0.3, 0.4) is 0 Å². The molecule has 1 aromatic heterocycles. The first-order chi connectivity index (χ1) is 11.7. The van der Waals surface area contributed by atoms with E-state index >= 15 is 0 Å². The zero-order valence-corrected chi connectivity index (χ0v) is 13.2. The maximum absolute atomic E-state index is 12.9. The van der Waals surface area contributed by atoms with Gasteiger partial charge >= 0.3 is 6.18 Å². The summed E-state index contributed by atoms with van der Waals surface area (Å²) in [5, 5.41) is 4.30. The van der Waals surface area contributed by atoms with Gasteiger partial charge in [-0.15, -0.1) is 0 Å². The highest BCUT2D eigenvalue weighted by Gasteiger charge is 2.42. The number of aldehydes is 1. The Balaban J connectivity index is 2.37. The molecule has 0 radical (unpaired) electrons. The Morgan fingerprint density at radius 1 is 1.36 bits per heavy atom. The van der Waals surface area contributed by atoms with E-state index in [9.17, 15) is 27.6 Å². The van der Waals surface area contributed by atoms with E-state index in [0.29, 0.717) is 15.8 Å². The highest BCUT2D eigenvalue weighted by molar-refractivity contribution is 6.04. The maximum atomic E-state index is 12.9. The van der Waals surface area contributed by atoms with Gasteiger partial charge in [0.2, 0.25) is 5.91 Å². The first-order valence-electron chi connectivity index (χ1n) is 7.22. The third-order valence-corrected chi connectivity index (χ3v) is 3.71. The number of fused-ring (bicyclic) bond motifs is 1. The summed E-state index contributed by atoms with van der Waals surface area (Å²) in [7, 11) is 0. The number of hydrogen-bond donors (Lipinski definition) is 1. The van der Waals surface area contributed by atoms with Crippen LogP contribution in [0.25, 0.3) is 10.9 Å². The zero-order chi connectivity index (χ0) is 18.8. The van der Waals surface area contributed by atoms with E-state index in [4.69, 9.17) is 5.73 Å². The Labute approximate surface area is 140 Å². The van der Waals surface area contributed by atoms with Crippen molar-refractivity contribution in [2.45, 2.75) is 25.7 Å². The van der Waals surface area contributed by atoms with Gasteiger partial charge in [-0.2, -0.15) is 18.3 Å². The van der Waals surface area contributed by atoms with Crippen LogP contribution in [0.4, 0.5) is 13.2 Å². The smallest absolute Gasteiger partial charge is 0.364 e. The van der Waals surface area contributed by atoms with Gasteiger partial charge in [0.1, 0.15) is 18.9 Å². The lowest BCUT2D eigenvalue weighted by Gasteiger charge is -2.29. The molecule has 0 aliphatic rings. The molecule has 0 saturated carbocycles. The molecule has 0 spiro atoms. The van der Waals surface area contributed by atoms with Crippen LogP contribution >= 0.6 is 0 Å². The number of nitrogens with two attached hydrogens (primary N) is 1. The van der Waals surface area contributed by atoms with Crippen molar-refractivity contribution in [3.63, 3.8) is 0 Å². The number of carbonyl (C=O) groups excluding carboxylic acids is 3. The van der Waals surface area contributed by atoms with E-state index in [0.717, 1.165) is 11.6 Å². The minimum Gasteiger partial charge on any atom is -0.364 e. The van der Waals surface area contributed by atoms with E-state index in [1.54, 1.807) is 24.3 Å². The predicted octanol–water partition coefficient (Wildman–Crippen LogP) is 1.11. The van der Waals surface area contributed by atoms with Crippen LogP contribution in [0.5, 0.6) is 0 Å². The molecule has 1 unspecified atom stereocenters. The number of aromatic nitrogens is 2. The fraction of sp³-hybridized carbons (Fsp3) is 0.333. The average molecular weight is 356 g/mol. The monoisotopic (exact) mass is 356 g/mol. The summed E-state index contributed by atoms with van der Waals surface area (Å²) in [6.45, 7) is -0.485. The molecule has 7 nitrogen and oxygen atoms in total. The summed E-state index contributed by atoms with van der Waals surface area (Å²) in [6.07, 6.45) is -4.46. The van der Waals surface area contributed by atoms with E-state index in [1.807, 2.05) is 0 Å². The second-order valence-corrected chi connectivity index (χ2v) is 5.32. The number of amides is 2. The fourth-order valence-electron chi connectivity index (χ4n) is 2.38. The first-order valence-corrected chi connectivity index (χ1v) is 7.22. The number of nitrogens with zero attached hydrogens (tertiary/aromatic N) is 3. The molecule has 1 atom stereocenters. The van der Waals surface area contributed by atoms with Gasteiger partial charge in [-0.05, 0) is 13.0 Å². The molecule has 25 heavy (non-hydrogen) atoms. The molecule has 10 heteroatoms. The van der Waals surface area contributed by atoms with E-state index in [2.05, 4.69) is 5.10 Å². The highest BCUT2D eigenvalue weighted by atomic mass is 19.4. The van der Waals surface area contributed by atoms with Gasteiger partial charge in [0.25, 0.3) is 5.91 Å². The Morgan fingerprint density at radius 3 is 2.56 bits per heavy atom. The lowest BCUT2D eigenvalue weighted by Crippen LogP contribution is -2.49. The molecule has 1 aromatic carbocycles. The van der Waals surface area contributed by atoms with Crippen LogP contribution in [-0.4, -0.2) is 51.5 Å². The van der Waals surface area contributed by atoms with Gasteiger partial charge in [-0.25, -0.2) is 0 Å². The summed E-state index contributed by atoms with van der Waals surface area (Å²) in [6, 6.07) is 4.23. The normalized spacial score (nSPS) is 12.8. The molecule has 0 bridgehead atoms. The lowest BCUT2D eigenvalue weighted by molar-refractivity contribution is -0.185. The van der Waals surface area contributed by atoms with E-state index < -0.39 is 37.1 Å². The van der Waals surface area contributed by atoms with Crippen molar-refractivity contribution < 1.29 is 27.6 Å². The van der Waals surface area contributed by atoms with Crippen molar-refractivity contribution in [3.05, 3.63) is 30.0 Å². The number of carbonyl (C=O) groups is 3. The third-order valence-electron chi connectivity index (χ3n) is 3.71. The number of benzene rings is 1. The van der Waals surface area contributed by atoms with E-state index in [-0.39, 0.29) is 12.0 Å². The number of rotatable bonds is 6. The van der Waals surface area contributed by atoms with Crippen LogP contribution < -0.4 is 5.73 Å². The van der Waals surface area contributed by atoms with Crippen molar-refractivity contribution in [1.82, 2.24) is 14.7 Å². The Morgan fingerprint density at radius 2 is 2.00 bits per heavy atom. The fourth-order valence-corrected chi connectivity index (χ4v) is 2.38. The Hall–Kier alpha value is -2.91. The standard InChI is InChI=1S/C15H15F3N4O3/c1-9(15(16,17)18)21(6-7-23)12(24)8-22-11-5-3-2-4-10(11)13(20-22)14(19)25/h2-5,7,9H,6,8H2,1H3,(H2,19,25). The molecule has 0 fully saturated rings. The van der Waals surface area contributed by atoms with Crippen molar-refractivity contribution in [2.24, 2.45) is 5.73 Å². The van der Waals surface area contributed by atoms with Crippen LogP contribution in [-0.2, 0) is 16.1 Å². The lowest BCUT2D eigenvalue weighted by atomic mass is 10.2. The SMILES string of the molecule is CC(N(CC=O)C(=O)Cn1nc(C(N)=O)c2ccccc21)C(F)(F)F. The minimum atomic E-state index is -4.68. The Kier molecular flexibility index (Phi) is 5.10. The van der Waals surface area contributed by atoms with Gasteiger partial charge in [0.05, 0.1) is 12.1 Å². The zero-order valence-electron chi connectivity index (χ0n) is 13.2. The summed E-state index contributed by atoms with van der Waals surface area (Å²) < 4.78 is 39.8. The number of primary amides is 1. The molecule has 134 valence electrons. The van der Waals surface area contributed by atoms with E-state index in [1.165, 1.54) is 0 Å². The number of halogens is 3. The average Bonchev–Trinajstić information content (AvgIpc) is 2.90. The molecule has 2 aromatic rings. The van der Waals surface area contributed by atoms with Gasteiger partial charge in [-0.3, -0.25) is 14.3 Å². The molecule has 2 N–H and O–H groups in total. The molecule has 0 aliphatic heterocycles. The summed E-state index contributed by atoms with van der Waals surface area (Å²) in [4.78, 5) is 34.8.